The lowest BCUT2D eigenvalue weighted by Crippen LogP contribution is -2.43. The van der Waals surface area contributed by atoms with Crippen molar-refractivity contribution in [1.82, 2.24) is 15.1 Å². The lowest BCUT2D eigenvalue weighted by atomic mass is 9.98. The smallest absolute Gasteiger partial charge is 0.226 e. The van der Waals surface area contributed by atoms with Crippen molar-refractivity contribution < 1.29 is 4.79 Å². The predicted octanol–water partition coefficient (Wildman–Crippen LogP) is 0.00600. The van der Waals surface area contributed by atoms with Crippen LogP contribution in [0.4, 0.5) is 0 Å². The van der Waals surface area contributed by atoms with Gasteiger partial charge in [0.2, 0.25) is 5.91 Å². The van der Waals surface area contributed by atoms with E-state index in [1.54, 1.807) is 0 Å². The van der Waals surface area contributed by atoms with E-state index < -0.39 is 0 Å². The molecule has 0 unspecified atom stereocenters. The second-order valence-electron chi connectivity index (χ2n) is 4.61. The molecule has 4 nitrogen and oxygen atoms in total. The molecule has 1 heterocycles. The van der Waals surface area contributed by atoms with Gasteiger partial charge in [-0.25, -0.2) is 0 Å². The van der Waals surface area contributed by atoms with Gasteiger partial charge in [0.05, 0.1) is 5.92 Å². The van der Waals surface area contributed by atoms with Gasteiger partial charge < -0.3 is 15.1 Å². The molecule has 0 aromatic heterocycles. The number of hydrogen-bond acceptors (Lipinski definition) is 3. The van der Waals surface area contributed by atoms with Crippen molar-refractivity contribution in [3.63, 3.8) is 0 Å². The molecule has 0 bridgehead atoms. The molecule has 1 aliphatic rings. The van der Waals surface area contributed by atoms with Crippen LogP contribution >= 0.6 is 0 Å². The highest BCUT2D eigenvalue weighted by molar-refractivity contribution is 5.78. The van der Waals surface area contributed by atoms with Crippen LogP contribution in [0.5, 0.6) is 0 Å². The van der Waals surface area contributed by atoms with Gasteiger partial charge in [-0.1, -0.05) is 0 Å². The molecular weight excluding hydrogens is 190 g/mol. The lowest BCUT2D eigenvalue weighted by molar-refractivity contribution is -0.134. The summed E-state index contributed by atoms with van der Waals surface area (Å²) < 4.78 is 0. The fourth-order valence-corrected chi connectivity index (χ4v) is 1.83. The minimum atomic E-state index is 0.200. The summed E-state index contributed by atoms with van der Waals surface area (Å²) in [6, 6.07) is 0. The largest absolute Gasteiger partial charge is 0.344 e. The third-order valence-electron chi connectivity index (χ3n) is 2.90. The number of nitrogens with zero attached hydrogens (tertiary/aromatic N) is 2. The number of piperidine rings is 1. The van der Waals surface area contributed by atoms with Crippen molar-refractivity contribution in [2.75, 3.05) is 47.3 Å². The molecule has 0 radical (unpaired) electrons. The molecule has 0 spiro atoms. The van der Waals surface area contributed by atoms with Gasteiger partial charge in [-0.3, -0.25) is 4.79 Å². The summed E-state index contributed by atoms with van der Waals surface area (Å²) in [4.78, 5) is 15.9. The van der Waals surface area contributed by atoms with E-state index in [0.29, 0.717) is 5.91 Å². The maximum atomic E-state index is 12.0. The highest BCUT2D eigenvalue weighted by Crippen LogP contribution is 2.12. The molecule has 0 aliphatic carbocycles. The number of rotatable bonds is 4. The Kier molecular flexibility index (Phi) is 5.05. The van der Waals surface area contributed by atoms with Gasteiger partial charge in [-0.15, -0.1) is 0 Å². The standard InChI is InChI=1S/C11H23N3O/c1-13(2)7-8-14(3)11(15)10-5-4-6-12-9-10/h10,12H,4-9H2,1-3H3/t10-/m0/s1. The Hall–Kier alpha value is -0.610. The summed E-state index contributed by atoms with van der Waals surface area (Å²) in [5.74, 6) is 0.495. The number of carbonyl (C=O) groups excluding carboxylic acids is 1. The van der Waals surface area contributed by atoms with Gasteiger partial charge in [-0.05, 0) is 33.5 Å². The zero-order valence-corrected chi connectivity index (χ0v) is 10.1. The third kappa shape index (κ3) is 4.18. The number of carbonyl (C=O) groups is 1. The molecule has 0 saturated carbocycles. The van der Waals surface area contributed by atoms with E-state index >= 15 is 0 Å². The fraction of sp³-hybridized carbons (Fsp3) is 0.909. The molecule has 0 aromatic carbocycles. The Morgan fingerprint density at radius 3 is 2.60 bits per heavy atom. The van der Waals surface area contributed by atoms with Gasteiger partial charge in [0.25, 0.3) is 0 Å². The lowest BCUT2D eigenvalue weighted by Gasteiger charge is -2.27. The molecule has 1 aliphatic heterocycles. The predicted molar refractivity (Wildman–Crippen MR) is 61.8 cm³/mol. The number of nitrogens with one attached hydrogen (secondary N) is 1. The summed E-state index contributed by atoms with van der Waals surface area (Å²) in [7, 11) is 5.96. The molecular formula is C11H23N3O. The molecule has 1 rings (SSSR count). The van der Waals surface area contributed by atoms with Crippen LogP contribution in [0.2, 0.25) is 0 Å². The first-order valence-electron chi connectivity index (χ1n) is 5.71. The van der Waals surface area contributed by atoms with Crippen molar-refractivity contribution in [3.8, 4) is 0 Å². The zero-order chi connectivity index (χ0) is 11.3. The van der Waals surface area contributed by atoms with Gasteiger partial charge in [0.15, 0.2) is 0 Å². The number of hydrogen-bond donors (Lipinski definition) is 1. The third-order valence-corrected chi connectivity index (χ3v) is 2.90. The maximum absolute atomic E-state index is 12.0. The SMILES string of the molecule is CN(C)CCN(C)C(=O)[C@H]1CCCNC1. The van der Waals surface area contributed by atoms with E-state index in [0.717, 1.165) is 39.0 Å². The average molecular weight is 213 g/mol. The summed E-state index contributed by atoms with van der Waals surface area (Å²) in [6.45, 7) is 3.67. The quantitative estimate of drug-likeness (QED) is 0.714. The maximum Gasteiger partial charge on any atom is 0.226 e. The molecule has 0 aromatic rings. The van der Waals surface area contributed by atoms with E-state index in [-0.39, 0.29) is 5.92 Å². The average Bonchev–Trinajstić information content (AvgIpc) is 2.26. The Labute approximate surface area is 92.6 Å². The van der Waals surface area contributed by atoms with E-state index in [4.69, 9.17) is 0 Å². The Bertz CT molecular complexity index is 200. The van der Waals surface area contributed by atoms with Crippen molar-refractivity contribution in [3.05, 3.63) is 0 Å². The summed E-state index contributed by atoms with van der Waals surface area (Å²) in [5.41, 5.74) is 0. The van der Waals surface area contributed by atoms with Crippen LogP contribution in [-0.4, -0.2) is 63.0 Å². The normalized spacial score (nSPS) is 21.7. The molecule has 4 heteroatoms. The number of amides is 1. The first kappa shape index (κ1) is 12.5. The van der Waals surface area contributed by atoms with Crippen molar-refractivity contribution >= 4 is 5.91 Å². The Balaban J connectivity index is 2.30. The summed E-state index contributed by atoms with van der Waals surface area (Å²) in [5, 5.41) is 3.28. The van der Waals surface area contributed by atoms with Gasteiger partial charge in [0.1, 0.15) is 0 Å². The molecule has 1 saturated heterocycles. The van der Waals surface area contributed by atoms with Crippen LogP contribution in [0.3, 0.4) is 0 Å². The highest BCUT2D eigenvalue weighted by atomic mass is 16.2. The second-order valence-corrected chi connectivity index (χ2v) is 4.61. The van der Waals surface area contributed by atoms with Crippen molar-refractivity contribution in [2.45, 2.75) is 12.8 Å². The van der Waals surface area contributed by atoms with Crippen molar-refractivity contribution in [1.29, 1.82) is 0 Å². The monoisotopic (exact) mass is 213 g/mol. The topological polar surface area (TPSA) is 35.6 Å². The van der Waals surface area contributed by atoms with Gasteiger partial charge in [0, 0.05) is 26.7 Å². The van der Waals surface area contributed by atoms with Crippen LogP contribution in [-0.2, 0) is 4.79 Å². The molecule has 1 fully saturated rings. The van der Waals surface area contributed by atoms with E-state index in [2.05, 4.69) is 10.2 Å². The van der Waals surface area contributed by atoms with E-state index in [9.17, 15) is 4.79 Å². The zero-order valence-electron chi connectivity index (χ0n) is 10.1. The number of likely N-dealkylation sites (N-methyl/N-ethyl adjacent to an activating group) is 2. The summed E-state index contributed by atoms with van der Waals surface area (Å²) in [6.07, 6.45) is 2.16. The van der Waals surface area contributed by atoms with Crippen LogP contribution in [0.1, 0.15) is 12.8 Å². The molecule has 15 heavy (non-hydrogen) atoms. The van der Waals surface area contributed by atoms with Crippen LogP contribution in [0, 0.1) is 5.92 Å². The molecule has 1 amide bonds. The molecule has 1 atom stereocenters. The highest BCUT2D eigenvalue weighted by Gasteiger charge is 2.23. The van der Waals surface area contributed by atoms with E-state index in [1.165, 1.54) is 0 Å². The molecule has 1 N–H and O–H groups in total. The second kappa shape index (κ2) is 6.08. The minimum absolute atomic E-state index is 0.200. The van der Waals surface area contributed by atoms with Crippen molar-refractivity contribution in [2.24, 2.45) is 5.92 Å². The van der Waals surface area contributed by atoms with Crippen LogP contribution in [0.15, 0.2) is 0 Å². The summed E-state index contributed by atoms with van der Waals surface area (Å²) >= 11 is 0. The Morgan fingerprint density at radius 1 is 1.33 bits per heavy atom. The fourth-order valence-electron chi connectivity index (χ4n) is 1.83. The molecule has 88 valence electrons. The first-order valence-corrected chi connectivity index (χ1v) is 5.71. The van der Waals surface area contributed by atoms with Crippen LogP contribution in [0.25, 0.3) is 0 Å². The van der Waals surface area contributed by atoms with E-state index in [1.807, 2.05) is 26.0 Å². The first-order chi connectivity index (χ1) is 7.11. The van der Waals surface area contributed by atoms with Gasteiger partial charge >= 0.3 is 0 Å². The van der Waals surface area contributed by atoms with Crippen LogP contribution < -0.4 is 5.32 Å². The Morgan fingerprint density at radius 2 is 2.07 bits per heavy atom. The minimum Gasteiger partial charge on any atom is -0.344 e. The van der Waals surface area contributed by atoms with Gasteiger partial charge in [-0.2, -0.15) is 0 Å².